The highest BCUT2D eigenvalue weighted by molar-refractivity contribution is 6.48. The number of benzene rings is 1. The summed E-state index contributed by atoms with van der Waals surface area (Å²) in [5.41, 5.74) is 3.79. The predicted molar refractivity (Wildman–Crippen MR) is 100.0 cm³/mol. The van der Waals surface area contributed by atoms with Crippen LogP contribution >= 0.6 is 0 Å². The van der Waals surface area contributed by atoms with E-state index in [1.165, 1.54) is 29.5 Å². The van der Waals surface area contributed by atoms with Crippen molar-refractivity contribution in [1.29, 1.82) is 0 Å². The smallest absolute Gasteiger partial charge is 0.171 e. The SMILES string of the molecule is COC(c1cccc(CO[SiH](C)C)c1C(C)(C)C)(C1CC1)[C@H]1CO1. The van der Waals surface area contributed by atoms with E-state index in [0.29, 0.717) is 12.5 Å². The third-order valence-corrected chi connectivity index (χ3v) is 6.06. The lowest BCUT2D eigenvalue weighted by Crippen LogP contribution is -2.40. The van der Waals surface area contributed by atoms with Crippen LogP contribution in [0, 0.1) is 5.92 Å². The van der Waals surface area contributed by atoms with Crippen LogP contribution in [-0.2, 0) is 31.5 Å². The first-order valence-electron chi connectivity index (χ1n) is 9.22. The maximum atomic E-state index is 6.23. The molecule has 0 aromatic heterocycles. The number of hydrogen-bond donors (Lipinski definition) is 0. The van der Waals surface area contributed by atoms with Crippen LogP contribution in [-0.4, -0.2) is 28.9 Å². The number of ether oxygens (including phenoxy) is 2. The first-order chi connectivity index (χ1) is 11.3. The Bertz CT molecular complexity index is 571. The first kappa shape index (κ1) is 18.1. The summed E-state index contributed by atoms with van der Waals surface area (Å²) in [6.45, 7) is 12.9. The third kappa shape index (κ3) is 3.34. The summed E-state index contributed by atoms with van der Waals surface area (Å²) in [4.78, 5) is 0. The van der Waals surface area contributed by atoms with Gasteiger partial charge < -0.3 is 13.9 Å². The van der Waals surface area contributed by atoms with E-state index in [4.69, 9.17) is 13.9 Å². The van der Waals surface area contributed by atoms with Crippen LogP contribution in [0.3, 0.4) is 0 Å². The van der Waals surface area contributed by atoms with Crippen molar-refractivity contribution in [2.24, 2.45) is 5.92 Å². The van der Waals surface area contributed by atoms with Gasteiger partial charge in [0.2, 0.25) is 0 Å². The molecule has 3 rings (SSSR count). The van der Waals surface area contributed by atoms with Gasteiger partial charge >= 0.3 is 0 Å². The Kier molecular flexibility index (Phi) is 4.95. The lowest BCUT2D eigenvalue weighted by molar-refractivity contribution is -0.0574. The van der Waals surface area contributed by atoms with Crippen molar-refractivity contribution in [2.45, 2.75) is 70.4 Å². The maximum absolute atomic E-state index is 6.23. The molecular formula is C20H32O3Si. The largest absolute Gasteiger partial charge is 0.416 e. The fraction of sp³-hybridized carbons (Fsp3) is 0.700. The molecule has 0 N–H and O–H groups in total. The molecule has 2 fully saturated rings. The summed E-state index contributed by atoms with van der Waals surface area (Å²) in [5, 5.41) is 0. The van der Waals surface area contributed by atoms with Crippen molar-refractivity contribution in [1.82, 2.24) is 0 Å². The number of hydrogen-bond acceptors (Lipinski definition) is 3. The van der Waals surface area contributed by atoms with E-state index < -0.39 is 9.04 Å². The van der Waals surface area contributed by atoms with Crippen molar-refractivity contribution < 1.29 is 13.9 Å². The molecule has 24 heavy (non-hydrogen) atoms. The molecule has 2 aliphatic rings. The summed E-state index contributed by atoms with van der Waals surface area (Å²) in [7, 11) is 0.807. The van der Waals surface area contributed by atoms with Crippen LogP contribution in [0.15, 0.2) is 18.2 Å². The average molecular weight is 349 g/mol. The Morgan fingerprint density at radius 2 is 1.88 bits per heavy atom. The molecule has 1 aliphatic carbocycles. The predicted octanol–water partition coefficient (Wildman–Crippen LogP) is 4.13. The number of methoxy groups -OCH3 is 1. The van der Waals surface area contributed by atoms with Crippen molar-refractivity contribution in [3.8, 4) is 0 Å². The van der Waals surface area contributed by atoms with E-state index in [1.54, 1.807) is 0 Å². The molecule has 0 bridgehead atoms. The van der Waals surface area contributed by atoms with Gasteiger partial charge in [0, 0.05) is 7.11 Å². The van der Waals surface area contributed by atoms with E-state index in [9.17, 15) is 0 Å². The van der Waals surface area contributed by atoms with Gasteiger partial charge in [-0.25, -0.2) is 0 Å². The standard InChI is InChI=1S/C20H32O3Si/c1-19(2,3)18-14(12-23-24(5)6)8-7-9-16(18)20(21-4,15-10-11-15)17-13-22-17/h7-9,15,17,24H,10-13H2,1-6H3/t17-,20?/m1/s1. The number of rotatable bonds is 7. The van der Waals surface area contributed by atoms with E-state index >= 15 is 0 Å². The summed E-state index contributed by atoms with van der Waals surface area (Å²) in [6.07, 6.45) is 2.67. The van der Waals surface area contributed by atoms with Crippen LogP contribution in [0.4, 0.5) is 0 Å². The molecule has 1 saturated carbocycles. The minimum Gasteiger partial charge on any atom is -0.416 e. The van der Waals surface area contributed by atoms with E-state index in [1.807, 2.05) is 7.11 Å². The molecule has 1 unspecified atom stereocenters. The third-order valence-electron chi connectivity index (χ3n) is 5.23. The van der Waals surface area contributed by atoms with Gasteiger partial charge in [-0.2, -0.15) is 0 Å². The van der Waals surface area contributed by atoms with Gasteiger partial charge in [-0.1, -0.05) is 39.0 Å². The van der Waals surface area contributed by atoms with E-state index in [2.05, 4.69) is 52.1 Å². The Balaban J connectivity index is 2.11. The Morgan fingerprint density at radius 3 is 2.33 bits per heavy atom. The summed E-state index contributed by atoms with van der Waals surface area (Å²) in [5.74, 6) is 0.576. The highest BCUT2D eigenvalue weighted by Crippen LogP contribution is 2.55. The molecule has 4 heteroatoms. The molecule has 1 heterocycles. The summed E-state index contributed by atoms with van der Waals surface area (Å²) in [6, 6.07) is 6.66. The molecule has 3 nitrogen and oxygen atoms in total. The average Bonchev–Trinajstić information content (AvgIpc) is 3.36. The second kappa shape index (κ2) is 6.56. The minimum atomic E-state index is -1.05. The van der Waals surface area contributed by atoms with Gasteiger partial charge in [-0.15, -0.1) is 0 Å². The minimum absolute atomic E-state index is 0.0430. The summed E-state index contributed by atoms with van der Waals surface area (Å²) >= 11 is 0. The topological polar surface area (TPSA) is 31.0 Å². The monoisotopic (exact) mass is 348 g/mol. The number of epoxide rings is 1. The molecule has 134 valence electrons. The molecular weight excluding hydrogens is 316 g/mol. The molecule has 0 amide bonds. The van der Waals surface area contributed by atoms with Crippen LogP contribution in [0.1, 0.15) is 50.3 Å². The molecule has 1 aromatic carbocycles. The Hall–Kier alpha value is -0.683. The van der Waals surface area contributed by atoms with Crippen LogP contribution in [0.2, 0.25) is 13.1 Å². The first-order valence-corrected chi connectivity index (χ1v) is 12.0. The molecule has 1 saturated heterocycles. The zero-order valence-corrected chi connectivity index (χ0v) is 17.2. The summed E-state index contributed by atoms with van der Waals surface area (Å²) < 4.78 is 18.1. The van der Waals surface area contributed by atoms with Gasteiger partial charge in [0.1, 0.15) is 11.7 Å². The van der Waals surface area contributed by atoms with Gasteiger partial charge in [0.25, 0.3) is 0 Å². The van der Waals surface area contributed by atoms with Crippen molar-refractivity contribution >= 4 is 9.04 Å². The molecule has 0 radical (unpaired) electrons. The molecule has 1 aromatic rings. The highest BCUT2D eigenvalue weighted by atomic mass is 28.3. The highest BCUT2D eigenvalue weighted by Gasteiger charge is 2.58. The fourth-order valence-electron chi connectivity index (χ4n) is 4.06. The van der Waals surface area contributed by atoms with Crippen LogP contribution < -0.4 is 0 Å². The molecule has 0 spiro atoms. The van der Waals surface area contributed by atoms with E-state index in [0.717, 1.165) is 6.61 Å². The molecule has 1 aliphatic heterocycles. The zero-order valence-electron chi connectivity index (χ0n) is 16.0. The van der Waals surface area contributed by atoms with Crippen molar-refractivity contribution in [3.63, 3.8) is 0 Å². The van der Waals surface area contributed by atoms with Gasteiger partial charge in [0.05, 0.1) is 13.2 Å². The Labute approximate surface area is 148 Å². The lowest BCUT2D eigenvalue weighted by Gasteiger charge is -2.38. The van der Waals surface area contributed by atoms with Gasteiger partial charge in [-0.05, 0) is 54.0 Å². The zero-order chi connectivity index (χ0) is 17.5. The van der Waals surface area contributed by atoms with Crippen molar-refractivity contribution in [2.75, 3.05) is 13.7 Å². The second-order valence-electron chi connectivity index (χ2n) is 8.54. The van der Waals surface area contributed by atoms with Crippen LogP contribution in [0.25, 0.3) is 0 Å². The van der Waals surface area contributed by atoms with Gasteiger partial charge in [-0.3, -0.25) is 0 Å². The molecule has 2 atom stereocenters. The van der Waals surface area contributed by atoms with Gasteiger partial charge in [0.15, 0.2) is 9.04 Å². The lowest BCUT2D eigenvalue weighted by atomic mass is 9.73. The normalized spacial score (nSPS) is 23.4. The quantitative estimate of drug-likeness (QED) is 0.548. The van der Waals surface area contributed by atoms with E-state index in [-0.39, 0.29) is 17.1 Å². The van der Waals surface area contributed by atoms with Crippen LogP contribution in [0.5, 0.6) is 0 Å². The Morgan fingerprint density at radius 1 is 1.21 bits per heavy atom. The second-order valence-corrected chi connectivity index (χ2v) is 11.0. The fourth-order valence-corrected chi connectivity index (χ4v) is 4.57. The maximum Gasteiger partial charge on any atom is 0.171 e. The van der Waals surface area contributed by atoms with Crippen molar-refractivity contribution in [3.05, 3.63) is 34.9 Å².